The minimum Gasteiger partial charge on any atom is -0.477 e. The van der Waals surface area contributed by atoms with Gasteiger partial charge in [0, 0.05) is 5.56 Å². The highest BCUT2D eigenvalue weighted by molar-refractivity contribution is 7.98. The molecule has 1 heterocycles. The molecule has 1 aromatic carbocycles. The summed E-state index contributed by atoms with van der Waals surface area (Å²) in [6, 6.07) is 4.41. The van der Waals surface area contributed by atoms with Crippen molar-refractivity contribution in [1.29, 1.82) is 0 Å². The van der Waals surface area contributed by atoms with E-state index in [1.165, 1.54) is 23.9 Å². The third-order valence-corrected chi connectivity index (χ3v) is 3.13. The molecule has 0 radical (unpaired) electrons. The molecule has 2 rings (SSSR count). The summed E-state index contributed by atoms with van der Waals surface area (Å²) < 4.78 is 38.0. The fourth-order valence-electron chi connectivity index (χ4n) is 1.65. The summed E-state index contributed by atoms with van der Waals surface area (Å²) in [7, 11) is 0. The number of H-pyrrole nitrogens is 1. The molecule has 8 heteroatoms. The summed E-state index contributed by atoms with van der Waals surface area (Å²) in [6.07, 6.45) is -2.81. The van der Waals surface area contributed by atoms with E-state index in [-0.39, 0.29) is 17.0 Å². The van der Waals surface area contributed by atoms with Crippen molar-refractivity contribution in [2.24, 2.45) is 0 Å². The minimum atomic E-state index is -4.49. The number of hydrogen-bond acceptors (Lipinski definition) is 3. The number of rotatable bonds is 3. The fraction of sp³-hybridized carbons (Fsp3) is 0.167. The first-order valence-corrected chi connectivity index (χ1v) is 6.60. The Kier molecular flexibility index (Phi) is 3.76. The first kappa shape index (κ1) is 14.4. The van der Waals surface area contributed by atoms with Crippen LogP contribution in [-0.2, 0) is 6.18 Å². The maximum atomic E-state index is 12.7. The number of aromatic carboxylic acids is 1. The topological polar surface area (TPSA) is 66.0 Å². The van der Waals surface area contributed by atoms with Gasteiger partial charge in [0.15, 0.2) is 10.9 Å². The van der Waals surface area contributed by atoms with Gasteiger partial charge in [-0.15, -0.1) is 0 Å². The summed E-state index contributed by atoms with van der Waals surface area (Å²) in [5.41, 5.74) is -0.976. The first-order chi connectivity index (χ1) is 9.32. The number of nitrogens with one attached hydrogen (secondary N) is 1. The summed E-state index contributed by atoms with van der Waals surface area (Å²) in [4.78, 5) is 17.7. The average Bonchev–Trinajstić information content (AvgIpc) is 2.82. The van der Waals surface area contributed by atoms with Crippen molar-refractivity contribution in [2.45, 2.75) is 11.3 Å². The monoisotopic (exact) mass is 302 g/mol. The van der Waals surface area contributed by atoms with Gasteiger partial charge in [-0.25, -0.2) is 9.78 Å². The molecule has 0 spiro atoms. The molecule has 20 heavy (non-hydrogen) atoms. The lowest BCUT2D eigenvalue weighted by atomic mass is 10.1. The van der Waals surface area contributed by atoms with E-state index in [9.17, 15) is 18.0 Å². The molecular weight excluding hydrogens is 293 g/mol. The van der Waals surface area contributed by atoms with Crippen molar-refractivity contribution in [1.82, 2.24) is 9.97 Å². The Balaban J connectivity index is 2.56. The second kappa shape index (κ2) is 5.20. The number of thioether (sulfide) groups is 1. The molecule has 2 aromatic rings. The van der Waals surface area contributed by atoms with Crippen molar-refractivity contribution in [3.05, 3.63) is 35.5 Å². The van der Waals surface area contributed by atoms with Crippen molar-refractivity contribution in [2.75, 3.05) is 6.26 Å². The number of imidazole rings is 1. The van der Waals surface area contributed by atoms with E-state index >= 15 is 0 Å². The second-order valence-corrected chi connectivity index (χ2v) is 4.65. The van der Waals surface area contributed by atoms with Crippen LogP contribution >= 0.6 is 11.8 Å². The van der Waals surface area contributed by atoms with Gasteiger partial charge in [0.2, 0.25) is 0 Å². The van der Waals surface area contributed by atoms with Crippen molar-refractivity contribution < 1.29 is 23.1 Å². The minimum absolute atomic E-state index is 0.00653. The Morgan fingerprint density at radius 2 is 2.10 bits per heavy atom. The maximum absolute atomic E-state index is 12.7. The van der Waals surface area contributed by atoms with Crippen LogP contribution in [0.15, 0.2) is 29.4 Å². The van der Waals surface area contributed by atoms with E-state index in [0.29, 0.717) is 5.16 Å². The standard InChI is InChI=1S/C12H9F3N2O2S/c1-20-11-16-8(9(17-11)10(18)19)6-3-2-4-7(5-6)12(13,14)15/h2-5H,1H3,(H,16,17)(H,18,19). The number of carbonyl (C=O) groups is 1. The van der Waals surface area contributed by atoms with Crippen LogP contribution in [0, 0.1) is 0 Å². The van der Waals surface area contributed by atoms with Gasteiger partial charge in [-0.05, 0) is 18.4 Å². The number of carboxylic acid groups (broad SMARTS) is 1. The summed E-state index contributed by atoms with van der Waals surface area (Å²) in [5, 5.41) is 9.39. The first-order valence-electron chi connectivity index (χ1n) is 5.38. The van der Waals surface area contributed by atoms with Crippen molar-refractivity contribution in [3.63, 3.8) is 0 Å². The Morgan fingerprint density at radius 3 is 2.65 bits per heavy atom. The maximum Gasteiger partial charge on any atom is 0.416 e. The van der Waals surface area contributed by atoms with Crippen LogP contribution in [0.3, 0.4) is 0 Å². The zero-order valence-corrected chi connectivity index (χ0v) is 11.0. The van der Waals surface area contributed by atoms with E-state index in [1.54, 1.807) is 6.26 Å². The quantitative estimate of drug-likeness (QED) is 0.851. The van der Waals surface area contributed by atoms with Gasteiger partial charge in [-0.2, -0.15) is 13.2 Å². The zero-order valence-electron chi connectivity index (χ0n) is 10.2. The van der Waals surface area contributed by atoms with Crippen LogP contribution in [0.4, 0.5) is 13.2 Å². The number of aromatic amines is 1. The molecular formula is C12H9F3N2O2S. The number of hydrogen-bond donors (Lipinski definition) is 2. The van der Waals surface area contributed by atoms with E-state index in [0.717, 1.165) is 12.1 Å². The fourth-order valence-corrected chi connectivity index (χ4v) is 2.04. The van der Waals surface area contributed by atoms with Crippen molar-refractivity contribution >= 4 is 17.7 Å². The summed E-state index contributed by atoms with van der Waals surface area (Å²) >= 11 is 1.17. The average molecular weight is 302 g/mol. The Bertz CT molecular complexity index is 652. The lowest BCUT2D eigenvalue weighted by Gasteiger charge is -2.07. The molecule has 0 amide bonds. The SMILES string of the molecule is CSc1nc(-c2cccc(C(F)(F)F)c2)c(C(=O)O)[nH]1. The molecule has 0 unspecified atom stereocenters. The highest BCUT2D eigenvalue weighted by Gasteiger charge is 2.31. The molecule has 106 valence electrons. The lowest BCUT2D eigenvalue weighted by Crippen LogP contribution is -2.05. The van der Waals surface area contributed by atoms with Gasteiger partial charge in [0.1, 0.15) is 5.69 Å². The Labute approximate surface area is 116 Å². The van der Waals surface area contributed by atoms with Crippen LogP contribution in [0.2, 0.25) is 0 Å². The Morgan fingerprint density at radius 1 is 1.40 bits per heavy atom. The predicted octanol–water partition coefficient (Wildman–Crippen LogP) is 3.52. The van der Waals surface area contributed by atoms with Gasteiger partial charge >= 0.3 is 12.1 Å². The van der Waals surface area contributed by atoms with E-state index in [2.05, 4.69) is 9.97 Å². The second-order valence-electron chi connectivity index (χ2n) is 3.85. The largest absolute Gasteiger partial charge is 0.477 e. The Hall–Kier alpha value is -1.96. The lowest BCUT2D eigenvalue weighted by molar-refractivity contribution is -0.137. The zero-order chi connectivity index (χ0) is 14.9. The van der Waals surface area contributed by atoms with Crippen LogP contribution in [0.5, 0.6) is 0 Å². The number of benzene rings is 1. The normalized spacial score (nSPS) is 11.6. The van der Waals surface area contributed by atoms with Crippen LogP contribution in [0.1, 0.15) is 16.1 Å². The molecule has 0 aliphatic rings. The number of nitrogens with zero attached hydrogens (tertiary/aromatic N) is 1. The number of halogens is 3. The number of alkyl halides is 3. The molecule has 0 atom stereocenters. The van der Waals surface area contributed by atoms with E-state index in [4.69, 9.17) is 5.11 Å². The third-order valence-electron chi connectivity index (χ3n) is 2.55. The number of carboxylic acids is 1. The van der Waals surface area contributed by atoms with Crippen LogP contribution in [-0.4, -0.2) is 27.3 Å². The molecule has 0 fully saturated rings. The van der Waals surface area contributed by atoms with Crippen molar-refractivity contribution in [3.8, 4) is 11.3 Å². The third kappa shape index (κ3) is 2.79. The van der Waals surface area contributed by atoms with Gasteiger partial charge in [0.05, 0.1) is 5.56 Å². The number of aromatic nitrogens is 2. The van der Waals surface area contributed by atoms with E-state index < -0.39 is 17.7 Å². The van der Waals surface area contributed by atoms with Gasteiger partial charge < -0.3 is 10.1 Å². The summed E-state index contributed by atoms with van der Waals surface area (Å²) in [5.74, 6) is -1.27. The molecule has 1 aromatic heterocycles. The molecule has 0 saturated heterocycles. The smallest absolute Gasteiger partial charge is 0.416 e. The van der Waals surface area contributed by atoms with Gasteiger partial charge in [-0.3, -0.25) is 0 Å². The van der Waals surface area contributed by atoms with Gasteiger partial charge in [-0.1, -0.05) is 23.9 Å². The molecule has 0 bridgehead atoms. The van der Waals surface area contributed by atoms with Crippen LogP contribution in [0.25, 0.3) is 11.3 Å². The summed E-state index contributed by atoms with van der Waals surface area (Å²) in [6.45, 7) is 0. The molecule has 4 nitrogen and oxygen atoms in total. The molecule has 0 aliphatic carbocycles. The van der Waals surface area contributed by atoms with Gasteiger partial charge in [0.25, 0.3) is 0 Å². The molecule has 0 saturated carbocycles. The van der Waals surface area contributed by atoms with Crippen LogP contribution < -0.4 is 0 Å². The predicted molar refractivity (Wildman–Crippen MR) is 67.8 cm³/mol. The molecule has 0 aliphatic heterocycles. The highest BCUT2D eigenvalue weighted by atomic mass is 32.2. The van der Waals surface area contributed by atoms with E-state index in [1.807, 2.05) is 0 Å². The molecule has 2 N–H and O–H groups in total. The highest BCUT2D eigenvalue weighted by Crippen LogP contribution is 2.33.